The average Bonchev–Trinajstić information content (AvgIpc) is 3.49. The van der Waals surface area contributed by atoms with Crippen molar-refractivity contribution in [3.05, 3.63) is 76.1 Å². The van der Waals surface area contributed by atoms with E-state index >= 15 is 0 Å². The molecule has 0 amide bonds. The number of hydrogen-bond acceptors (Lipinski definition) is 9. The maximum absolute atomic E-state index is 13.3. The number of nitrogens with zero attached hydrogens (tertiary/aromatic N) is 6. The van der Waals surface area contributed by atoms with Gasteiger partial charge in [0, 0.05) is 35.4 Å². The largest absolute Gasteiger partial charge is 0.435 e. The third-order valence-corrected chi connectivity index (χ3v) is 7.79. The number of rotatable bonds is 6. The molecule has 0 unspecified atom stereocenters. The van der Waals surface area contributed by atoms with Gasteiger partial charge in [-0.2, -0.15) is 23.3 Å². The van der Waals surface area contributed by atoms with Crippen LogP contribution in [0, 0.1) is 13.8 Å². The van der Waals surface area contributed by atoms with Gasteiger partial charge in [0.1, 0.15) is 5.39 Å². The molecule has 0 radical (unpaired) electrons. The quantitative estimate of drug-likeness (QED) is 0.309. The van der Waals surface area contributed by atoms with Crippen LogP contribution in [0.1, 0.15) is 30.7 Å². The Bertz CT molecular complexity index is 1900. The molecule has 5 rings (SSSR count). The van der Waals surface area contributed by atoms with Crippen LogP contribution in [0.5, 0.6) is 0 Å². The van der Waals surface area contributed by atoms with Crippen molar-refractivity contribution in [2.45, 2.75) is 39.1 Å². The Hall–Kier alpha value is -4.53. The molecular weight excluding hydrogens is 551 g/mol. The van der Waals surface area contributed by atoms with Crippen molar-refractivity contribution in [1.82, 2.24) is 28.9 Å². The van der Waals surface area contributed by atoms with Gasteiger partial charge >= 0.3 is 11.7 Å². The normalized spacial score (nSPS) is 12.4. The van der Waals surface area contributed by atoms with Crippen molar-refractivity contribution >= 4 is 32.8 Å². The number of nitrogens with one attached hydrogen (secondary N) is 1. The highest BCUT2D eigenvalue weighted by molar-refractivity contribution is 7.90. The number of alkyl halides is 3. The number of hydrogen-bond donors (Lipinski definition) is 1. The third-order valence-electron chi connectivity index (χ3n) is 5.90. The maximum Gasteiger partial charge on any atom is 0.435 e. The van der Waals surface area contributed by atoms with E-state index in [0.717, 1.165) is 28.1 Å². The zero-order valence-electron chi connectivity index (χ0n) is 21.6. The van der Waals surface area contributed by atoms with Crippen molar-refractivity contribution in [1.29, 1.82) is 0 Å². The van der Waals surface area contributed by atoms with Gasteiger partial charge in [0.15, 0.2) is 11.5 Å². The van der Waals surface area contributed by atoms with Gasteiger partial charge in [-0.25, -0.2) is 23.1 Å². The summed E-state index contributed by atoms with van der Waals surface area (Å²) in [4.78, 5) is 25.7. The summed E-state index contributed by atoms with van der Waals surface area (Å²) < 4.78 is 71.5. The van der Waals surface area contributed by atoms with E-state index in [0.29, 0.717) is 5.69 Å². The van der Waals surface area contributed by atoms with Crippen molar-refractivity contribution in [2.24, 2.45) is 0 Å². The molecule has 5 aromatic rings. The molecule has 1 aromatic carbocycles. The van der Waals surface area contributed by atoms with E-state index in [2.05, 4.69) is 25.4 Å². The molecule has 11 nitrogen and oxygen atoms in total. The molecule has 40 heavy (non-hydrogen) atoms. The van der Waals surface area contributed by atoms with Crippen LogP contribution in [-0.2, 0) is 16.2 Å². The number of pyridine rings is 1. The van der Waals surface area contributed by atoms with E-state index in [1.54, 1.807) is 0 Å². The summed E-state index contributed by atoms with van der Waals surface area (Å²) in [7, 11) is -4.11. The van der Waals surface area contributed by atoms with Crippen molar-refractivity contribution in [3.8, 4) is 16.9 Å². The molecule has 0 saturated carbocycles. The molecule has 0 aliphatic heterocycles. The molecule has 208 valence electrons. The molecule has 0 saturated heterocycles. The van der Waals surface area contributed by atoms with E-state index < -0.39 is 32.7 Å². The van der Waals surface area contributed by atoms with Gasteiger partial charge in [0.25, 0.3) is 15.7 Å². The van der Waals surface area contributed by atoms with Crippen LogP contribution in [0.15, 0.2) is 58.2 Å². The number of fused-ring (bicyclic) bond motifs is 1. The standard InChI is InChI=1S/C25H22F3N7O4S/c1-13(2)40(37,38)35-23(36)18-10-16(11-29-22(18)39-35)19-12-30-24(31-17-8-14(3)7-15(4)9-17)32-21(19)34-6-5-20(33-34)25(26,27)28/h5-13H,1-4H3,(H,30,31,32). The monoisotopic (exact) mass is 573 g/mol. The van der Waals surface area contributed by atoms with E-state index in [1.165, 1.54) is 32.3 Å². The van der Waals surface area contributed by atoms with Gasteiger partial charge in [0.2, 0.25) is 5.95 Å². The second kappa shape index (κ2) is 9.59. The molecule has 4 heterocycles. The summed E-state index contributed by atoms with van der Waals surface area (Å²) in [5, 5.41) is 5.59. The highest BCUT2D eigenvalue weighted by atomic mass is 32.2. The summed E-state index contributed by atoms with van der Waals surface area (Å²) in [6.45, 7) is 6.61. The molecule has 15 heteroatoms. The lowest BCUT2D eigenvalue weighted by molar-refractivity contribution is -0.141. The summed E-state index contributed by atoms with van der Waals surface area (Å²) in [5.41, 5.74) is 0.704. The highest BCUT2D eigenvalue weighted by Gasteiger charge is 2.34. The second-order valence-electron chi connectivity index (χ2n) is 9.37. The number of aryl methyl sites for hydroxylation is 2. The molecular formula is C25H22F3N7O4S. The highest BCUT2D eigenvalue weighted by Crippen LogP contribution is 2.31. The number of benzene rings is 1. The fourth-order valence-corrected chi connectivity index (χ4v) is 4.87. The van der Waals surface area contributed by atoms with Gasteiger partial charge in [-0.15, -0.1) is 0 Å². The zero-order valence-corrected chi connectivity index (χ0v) is 22.4. The lowest BCUT2D eigenvalue weighted by Gasteiger charge is -2.12. The molecule has 0 atom stereocenters. The van der Waals surface area contributed by atoms with Gasteiger partial charge in [-0.1, -0.05) is 10.2 Å². The van der Waals surface area contributed by atoms with Gasteiger partial charge in [-0.3, -0.25) is 4.79 Å². The van der Waals surface area contributed by atoms with Gasteiger partial charge < -0.3 is 9.84 Å². The van der Waals surface area contributed by atoms with Crippen LogP contribution in [0.25, 0.3) is 28.0 Å². The first-order valence-electron chi connectivity index (χ1n) is 11.9. The Morgan fingerprint density at radius 3 is 2.35 bits per heavy atom. The van der Waals surface area contributed by atoms with Crippen LogP contribution < -0.4 is 10.9 Å². The minimum absolute atomic E-state index is 0.0443. The molecule has 0 spiro atoms. The zero-order chi connectivity index (χ0) is 29.0. The summed E-state index contributed by atoms with van der Waals surface area (Å²) in [6, 6.07) is 7.80. The lowest BCUT2D eigenvalue weighted by atomic mass is 10.1. The molecule has 0 fully saturated rings. The van der Waals surface area contributed by atoms with Crippen LogP contribution in [-0.4, -0.2) is 42.5 Å². The smallest absolute Gasteiger partial charge is 0.340 e. The van der Waals surface area contributed by atoms with E-state index in [4.69, 9.17) is 4.52 Å². The second-order valence-corrected chi connectivity index (χ2v) is 11.7. The molecule has 4 aromatic heterocycles. The van der Waals surface area contributed by atoms with Crippen LogP contribution in [0.4, 0.5) is 24.8 Å². The Labute approximate surface area is 225 Å². The van der Waals surface area contributed by atoms with Crippen LogP contribution in [0.3, 0.4) is 0 Å². The number of aromatic nitrogens is 6. The first-order chi connectivity index (χ1) is 18.7. The fourth-order valence-electron chi connectivity index (χ4n) is 3.98. The average molecular weight is 574 g/mol. The predicted molar refractivity (Wildman–Crippen MR) is 140 cm³/mol. The van der Waals surface area contributed by atoms with Crippen molar-refractivity contribution in [3.63, 3.8) is 0 Å². The molecule has 0 aliphatic rings. The molecule has 0 bridgehead atoms. The Balaban J connectivity index is 1.66. The Morgan fingerprint density at radius 2 is 1.73 bits per heavy atom. The summed E-state index contributed by atoms with van der Waals surface area (Å²) >= 11 is 0. The summed E-state index contributed by atoms with van der Waals surface area (Å²) in [6.07, 6.45) is -0.982. The number of anilines is 2. The topological polar surface area (TPSA) is 138 Å². The minimum Gasteiger partial charge on any atom is -0.340 e. The van der Waals surface area contributed by atoms with E-state index in [9.17, 15) is 26.4 Å². The maximum atomic E-state index is 13.3. The molecule has 0 aliphatic carbocycles. The van der Waals surface area contributed by atoms with Gasteiger partial charge in [0.05, 0.1) is 5.25 Å². The van der Waals surface area contributed by atoms with E-state index in [-0.39, 0.29) is 38.1 Å². The van der Waals surface area contributed by atoms with E-state index in [1.807, 2.05) is 32.0 Å². The Morgan fingerprint density at radius 1 is 1.02 bits per heavy atom. The van der Waals surface area contributed by atoms with Crippen LogP contribution in [0.2, 0.25) is 0 Å². The third kappa shape index (κ3) is 4.95. The van der Waals surface area contributed by atoms with Crippen molar-refractivity contribution < 1.29 is 26.1 Å². The van der Waals surface area contributed by atoms with Gasteiger partial charge in [-0.05, 0) is 63.1 Å². The SMILES string of the molecule is Cc1cc(C)cc(Nc2ncc(-c3cnc4on(S(=O)(=O)C(C)C)c(=O)c4c3)c(-n3ccc(C(F)(F)F)n3)n2)c1. The number of halogens is 3. The first-order valence-corrected chi connectivity index (χ1v) is 13.4. The predicted octanol–water partition coefficient (Wildman–Crippen LogP) is 4.60. The minimum atomic E-state index is -4.69. The first kappa shape index (κ1) is 27.1. The Kier molecular flexibility index (Phi) is 6.48. The fraction of sp³-hybridized carbons (Fsp3) is 0.240. The van der Waals surface area contributed by atoms with Crippen molar-refractivity contribution in [2.75, 3.05) is 5.32 Å². The molecule has 1 N–H and O–H groups in total. The van der Waals surface area contributed by atoms with Crippen LogP contribution >= 0.6 is 0 Å². The lowest BCUT2D eigenvalue weighted by Crippen LogP contribution is -2.29. The summed E-state index contributed by atoms with van der Waals surface area (Å²) in [5.74, 6) is 0.0349.